The number of benzene rings is 1. The number of fused-ring (bicyclic) bond motifs is 1. The Bertz CT molecular complexity index is 972. The second-order valence-electron chi connectivity index (χ2n) is 4.74. The molecule has 0 aliphatic rings. The Kier molecular flexibility index (Phi) is 3.40. The van der Waals surface area contributed by atoms with Gasteiger partial charge in [0, 0.05) is 6.42 Å². The molecule has 3 N–H and O–H groups in total. The van der Waals surface area contributed by atoms with Crippen LogP contribution in [0, 0.1) is 11.6 Å². The number of halogens is 2. The van der Waals surface area contributed by atoms with Crippen LogP contribution in [0.5, 0.6) is 0 Å². The number of hydrogen-bond donors (Lipinski definition) is 2. The summed E-state index contributed by atoms with van der Waals surface area (Å²) in [6.45, 7) is 1.73. The molecule has 0 atom stereocenters. The third-order valence-corrected chi connectivity index (χ3v) is 3.29. The van der Waals surface area contributed by atoms with E-state index in [1.807, 2.05) is 0 Å². The first-order chi connectivity index (χ1) is 10.9. The Balaban J connectivity index is 2.48. The van der Waals surface area contributed by atoms with Gasteiger partial charge in [0.25, 0.3) is 5.91 Å². The van der Waals surface area contributed by atoms with Gasteiger partial charge in [0.05, 0.1) is 0 Å². The molecule has 0 unspecified atom stereocenters. The lowest BCUT2D eigenvalue weighted by Crippen LogP contribution is -2.18. The number of para-hydroxylation sites is 1. The minimum Gasteiger partial charge on any atom is -0.364 e. The molecule has 118 valence electrons. The van der Waals surface area contributed by atoms with Crippen molar-refractivity contribution >= 4 is 17.1 Å². The maximum absolute atomic E-state index is 14.0. The number of rotatable bonds is 3. The number of carbonyl (C=O) groups excluding carboxylic acids is 1. The lowest BCUT2D eigenvalue weighted by molar-refractivity contribution is 0.0996. The molecule has 23 heavy (non-hydrogen) atoms. The molecule has 0 fully saturated rings. The highest BCUT2D eigenvalue weighted by atomic mass is 19.1. The summed E-state index contributed by atoms with van der Waals surface area (Å²) in [5, 5.41) is 0. The number of amides is 1. The summed E-state index contributed by atoms with van der Waals surface area (Å²) in [7, 11) is 0. The van der Waals surface area contributed by atoms with Gasteiger partial charge in [0.2, 0.25) is 0 Å². The van der Waals surface area contributed by atoms with E-state index in [2.05, 4.69) is 15.0 Å². The molecule has 2 aromatic heterocycles. The molecule has 3 rings (SSSR count). The van der Waals surface area contributed by atoms with Crippen molar-refractivity contribution in [3.63, 3.8) is 0 Å². The van der Waals surface area contributed by atoms with E-state index in [0.29, 0.717) is 6.42 Å². The molecule has 1 amide bonds. The van der Waals surface area contributed by atoms with Crippen LogP contribution >= 0.6 is 0 Å². The second kappa shape index (κ2) is 5.27. The number of primary amides is 1. The maximum atomic E-state index is 14.0. The average molecular weight is 319 g/mol. The van der Waals surface area contributed by atoms with Gasteiger partial charge < -0.3 is 10.7 Å². The maximum Gasteiger partial charge on any atom is 0.332 e. The van der Waals surface area contributed by atoms with Gasteiger partial charge in [-0.2, -0.15) is 0 Å². The molecule has 0 saturated carbocycles. The van der Waals surface area contributed by atoms with Crippen molar-refractivity contribution in [1.82, 2.24) is 19.5 Å². The quantitative estimate of drug-likeness (QED) is 0.752. The summed E-state index contributed by atoms with van der Waals surface area (Å²) in [4.78, 5) is 34.1. The van der Waals surface area contributed by atoms with Crippen molar-refractivity contribution < 1.29 is 13.6 Å². The average Bonchev–Trinajstić information content (AvgIpc) is 2.82. The van der Waals surface area contributed by atoms with E-state index in [9.17, 15) is 18.4 Å². The van der Waals surface area contributed by atoms with Crippen LogP contribution in [0.2, 0.25) is 0 Å². The fourth-order valence-corrected chi connectivity index (χ4v) is 2.28. The summed E-state index contributed by atoms with van der Waals surface area (Å²) in [5.41, 5.74) is 3.43. The van der Waals surface area contributed by atoms with Crippen molar-refractivity contribution in [2.45, 2.75) is 13.3 Å². The molecule has 1 aromatic carbocycles. The number of H-pyrrole nitrogens is 1. The van der Waals surface area contributed by atoms with Crippen molar-refractivity contribution in [3.8, 4) is 5.69 Å². The van der Waals surface area contributed by atoms with Crippen molar-refractivity contribution in [1.29, 1.82) is 0 Å². The molecular formula is C14H11F2N5O2. The number of nitrogens with two attached hydrogens (primary N) is 1. The Morgan fingerprint density at radius 1 is 1.30 bits per heavy atom. The first-order valence-electron chi connectivity index (χ1n) is 6.69. The Hall–Kier alpha value is -3.10. The van der Waals surface area contributed by atoms with Crippen LogP contribution in [0.15, 0.2) is 23.0 Å². The highest BCUT2D eigenvalue weighted by Crippen LogP contribution is 2.21. The molecule has 2 heterocycles. The van der Waals surface area contributed by atoms with E-state index in [4.69, 9.17) is 5.73 Å². The summed E-state index contributed by atoms with van der Waals surface area (Å²) < 4.78 is 28.8. The van der Waals surface area contributed by atoms with E-state index in [1.54, 1.807) is 6.92 Å². The molecule has 9 heteroatoms. The summed E-state index contributed by atoms with van der Waals surface area (Å²) in [6, 6.07) is 3.20. The number of carbonyl (C=O) groups is 1. The van der Waals surface area contributed by atoms with E-state index in [-0.39, 0.29) is 22.7 Å². The van der Waals surface area contributed by atoms with Crippen molar-refractivity contribution in [2.75, 3.05) is 0 Å². The van der Waals surface area contributed by atoms with E-state index in [0.717, 1.165) is 16.7 Å². The number of nitrogens with one attached hydrogen (secondary N) is 1. The lowest BCUT2D eigenvalue weighted by Gasteiger charge is -2.07. The van der Waals surface area contributed by atoms with Crippen LogP contribution in [-0.2, 0) is 6.42 Å². The van der Waals surface area contributed by atoms with E-state index >= 15 is 0 Å². The SMILES string of the molecule is CCc1nc(C(N)=O)c2[nH]c(=O)n(-c3c(F)cccc3F)c2n1. The molecule has 0 aliphatic carbocycles. The zero-order valence-corrected chi connectivity index (χ0v) is 11.9. The molecule has 0 bridgehead atoms. The van der Waals surface area contributed by atoms with Crippen LogP contribution in [0.4, 0.5) is 8.78 Å². The van der Waals surface area contributed by atoms with Crippen molar-refractivity contribution in [2.24, 2.45) is 5.73 Å². The predicted octanol–water partition coefficient (Wildman–Crippen LogP) is 1.05. The van der Waals surface area contributed by atoms with Crippen LogP contribution < -0.4 is 11.4 Å². The zero-order chi connectivity index (χ0) is 16.7. The van der Waals surface area contributed by atoms with Crippen LogP contribution in [-0.4, -0.2) is 25.4 Å². The van der Waals surface area contributed by atoms with Gasteiger partial charge in [-0.05, 0) is 12.1 Å². The monoisotopic (exact) mass is 319 g/mol. The summed E-state index contributed by atoms with van der Waals surface area (Å²) in [5.74, 6) is -2.54. The summed E-state index contributed by atoms with van der Waals surface area (Å²) in [6.07, 6.45) is 0.343. The van der Waals surface area contributed by atoms with Gasteiger partial charge >= 0.3 is 5.69 Å². The first kappa shape index (κ1) is 14.8. The Morgan fingerprint density at radius 3 is 2.52 bits per heavy atom. The van der Waals surface area contributed by atoms with Crippen LogP contribution in [0.1, 0.15) is 23.2 Å². The standard InChI is InChI=1S/C14H11F2N5O2/c1-2-8-18-9(12(17)22)10-13(19-8)21(14(23)20-10)11-6(15)4-3-5-7(11)16/h3-5H,2H2,1H3,(H2,17,22)(H,20,23). The van der Waals surface area contributed by atoms with Gasteiger partial charge in [-0.1, -0.05) is 13.0 Å². The number of aromatic nitrogens is 4. The number of aromatic amines is 1. The smallest absolute Gasteiger partial charge is 0.332 e. The van der Waals surface area contributed by atoms with Crippen LogP contribution in [0.25, 0.3) is 16.9 Å². The fourth-order valence-electron chi connectivity index (χ4n) is 2.28. The lowest BCUT2D eigenvalue weighted by atomic mass is 10.2. The molecule has 7 nitrogen and oxygen atoms in total. The fraction of sp³-hybridized carbons (Fsp3) is 0.143. The molecular weight excluding hydrogens is 308 g/mol. The van der Waals surface area contributed by atoms with Gasteiger partial charge in [0.15, 0.2) is 11.3 Å². The van der Waals surface area contributed by atoms with Gasteiger partial charge in [0.1, 0.15) is 28.7 Å². The molecule has 0 aliphatic heterocycles. The highest BCUT2D eigenvalue weighted by molar-refractivity contribution is 6.01. The van der Waals surface area contributed by atoms with Crippen LogP contribution in [0.3, 0.4) is 0 Å². The largest absolute Gasteiger partial charge is 0.364 e. The molecule has 0 radical (unpaired) electrons. The van der Waals surface area contributed by atoms with Gasteiger partial charge in [-0.3, -0.25) is 4.79 Å². The number of hydrogen-bond acceptors (Lipinski definition) is 4. The highest BCUT2D eigenvalue weighted by Gasteiger charge is 2.22. The Labute approximate surface area is 127 Å². The normalized spacial score (nSPS) is 11.1. The number of imidazole rings is 1. The van der Waals surface area contributed by atoms with Gasteiger partial charge in [-0.15, -0.1) is 0 Å². The predicted molar refractivity (Wildman–Crippen MR) is 77.3 cm³/mol. The van der Waals surface area contributed by atoms with E-state index < -0.39 is 28.9 Å². The molecule has 0 spiro atoms. The first-order valence-corrected chi connectivity index (χ1v) is 6.69. The number of nitrogens with zero attached hydrogens (tertiary/aromatic N) is 3. The minimum atomic E-state index is -0.940. The summed E-state index contributed by atoms with van der Waals surface area (Å²) >= 11 is 0. The zero-order valence-electron chi connectivity index (χ0n) is 11.9. The third-order valence-electron chi connectivity index (χ3n) is 3.29. The second-order valence-corrected chi connectivity index (χ2v) is 4.74. The molecule has 0 saturated heterocycles. The Morgan fingerprint density at radius 2 is 1.96 bits per heavy atom. The minimum absolute atomic E-state index is 0.0673. The van der Waals surface area contributed by atoms with Crippen molar-refractivity contribution in [3.05, 3.63) is 51.8 Å². The topological polar surface area (TPSA) is 107 Å². The van der Waals surface area contributed by atoms with E-state index in [1.165, 1.54) is 6.07 Å². The third kappa shape index (κ3) is 2.26. The number of aryl methyl sites for hydroxylation is 1. The molecule has 3 aromatic rings. The van der Waals surface area contributed by atoms with Gasteiger partial charge in [-0.25, -0.2) is 28.1 Å².